The van der Waals surface area contributed by atoms with E-state index in [1.54, 1.807) is 7.11 Å². The zero-order valence-corrected chi connectivity index (χ0v) is 11.5. The van der Waals surface area contributed by atoms with E-state index in [9.17, 15) is 4.79 Å². The van der Waals surface area contributed by atoms with Gasteiger partial charge in [0.25, 0.3) is 0 Å². The van der Waals surface area contributed by atoms with E-state index in [0.717, 1.165) is 22.2 Å². The van der Waals surface area contributed by atoms with E-state index in [4.69, 9.17) is 4.74 Å². The molecule has 3 rings (SSSR count). The average molecular weight is 268 g/mol. The summed E-state index contributed by atoms with van der Waals surface area (Å²) >= 11 is 0. The number of rotatable bonds is 4. The van der Waals surface area contributed by atoms with Crippen LogP contribution in [0, 0.1) is 0 Å². The van der Waals surface area contributed by atoms with Crippen LogP contribution in [0.25, 0.3) is 10.9 Å². The minimum absolute atomic E-state index is 0.103. The Hall–Kier alpha value is -2.49. The lowest BCUT2D eigenvalue weighted by molar-refractivity contribution is 0.0973. The van der Waals surface area contributed by atoms with Crippen molar-refractivity contribution < 1.29 is 9.53 Å². The van der Waals surface area contributed by atoms with Crippen molar-refractivity contribution in [1.82, 2.24) is 9.13 Å². The minimum Gasteiger partial charge on any atom is -0.496 e. The highest BCUT2D eigenvalue weighted by molar-refractivity contribution is 5.97. The zero-order chi connectivity index (χ0) is 14.1. The van der Waals surface area contributed by atoms with E-state index < -0.39 is 0 Å². The summed E-state index contributed by atoms with van der Waals surface area (Å²) in [6.45, 7) is 0.334. The fraction of sp³-hybridized carbons (Fsp3) is 0.188. The normalized spacial score (nSPS) is 10.9. The summed E-state index contributed by atoms with van der Waals surface area (Å²) in [5, 5.41) is 1.02. The molecule has 0 aliphatic carbocycles. The molecular weight excluding hydrogens is 252 g/mol. The second-order valence-electron chi connectivity index (χ2n) is 4.83. The molecule has 4 nitrogen and oxygen atoms in total. The second kappa shape index (κ2) is 4.89. The zero-order valence-electron chi connectivity index (χ0n) is 11.5. The first-order chi connectivity index (χ1) is 9.69. The van der Waals surface area contributed by atoms with Crippen molar-refractivity contribution in [1.29, 1.82) is 0 Å². The Morgan fingerprint density at radius 1 is 1.20 bits per heavy atom. The summed E-state index contributed by atoms with van der Waals surface area (Å²) in [4.78, 5) is 12.3. The van der Waals surface area contributed by atoms with Crippen LogP contribution in [0.4, 0.5) is 0 Å². The van der Waals surface area contributed by atoms with Crippen LogP contribution in [0.3, 0.4) is 0 Å². The Morgan fingerprint density at radius 3 is 2.75 bits per heavy atom. The SMILES string of the molecule is COc1cccc2c1ccn2CC(=O)c1ccn(C)c1. The third-order valence-electron chi connectivity index (χ3n) is 3.46. The van der Waals surface area contributed by atoms with Gasteiger partial charge in [-0.15, -0.1) is 0 Å². The molecule has 0 aliphatic heterocycles. The van der Waals surface area contributed by atoms with Crippen LogP contribution in [-0.2, 0) is 13.6 Å². The number of Topliss-reactive ketones (excluding diaryl/α,β-unsaturated/α-hetero) is 1. The van der Waals surface area contributed by atoms with Crippen molar-refractivity contribution in [3.63, 3.8) is 0 Å². The number of ketones is 1. The number of nitrogens with zero attached hydrogens (tertiary/aromatic N) is 2. The number of aromatic nitrogens is 2. The summed E-state index contributed by atoms with van der Waals surface area (Å²) in [6, 6.07) is 9.67. The molecule has 0 bridgehead atoms. The van der Waals surface area contributed by atoms with E-state index >= 15 is 0 Å². The predicted molar refractivity (Wildman–Crippen MR) is 78.2 cm³/mol. The summed E-state index contributed by atoms with van der Waals surface area (Å²) in [6.07, 6.45) is 5.65. The van der Waals surface area contributed by atoms with Crippen LogP contribution in [0.2, 0.25) is 0 Å². The molecule has 2 aromatic heterocycles. The molecule has 0 fully saturated rings. The van der Waals surface area contributed by atoms with Gasteiger partial charge >= 0.3 is 0 Å². The smallest absolute Gasteiger partial charge is 0.184 e. The number of hydrogen-bond donors (Lipinski definition) is 0. The number of hydrogen-bond acceptors (Lipinski definition) is 2. The molecular formula is C16H16N2O2. The van der Waals surface area contributed by atoms with Gasteiger partial charge < -0.3 is 13.9 Å². The quantitative estimate of drug-likeness (QED) is 0.682. The highest BCUT2D eigenvalue weighted by Crippen LogP contribution is 2.26. The minimum atomic E-state index is 0.103. The van der Waals surface area contributed by atoms with Gasteiger partial charge in [0.1, 0.15) is 5.75 Å². The number of fused-ring (bicyclic) bond motifs is 1. The van der Waals surface area contributed by atoms with Gasteiger partial charge in [-0.05, 0) is 24.3 Å². The highest BCUT2D eigenvalue weighted by Gasteiger charge is 2.11. The van der Waals surface area contributed by atoms with Crippen molar-refractivity contribution in [2.75, 3.05) is 7.11 Å². The van der Waals surface area contributed by atoms with Crippen molar-refractivity contribution >= 4 is 16.7 Å². The average Bonchev–Trinajstić information content (AvgIpc) is 3.05. The molecule has 0 saturated carbocycles. The first-order valence-electron chi connectivity index (χ1n) is 6.46. The Balaban J connectivity index is 1.93. The molecule has 0 atom stereocenters. The molecule has 1 aromatic carbocycles. The Bertz CT molecular complexity index is 768. The second-order valence-corrected chi connectivity index (χ2v) is 4.83. The molecule has 2 heterocycles. The standard InChI is InChI=1S/C16H16N2O2/c1-17-8-6-12(10-17)15(19)11-18-9-7-13-14(18)4-3-5-16(13)20-2/h3-10H,11H2,1-2H3. The van der Waals surface area contributed by atoms with Crippen LogP contribution in [0.1, 0.15) is 10.4 Å². The Labute approximate surface area is 117 Å². The van der Waals surface area contributed by atoms with Crippen LogP contribution in [0.5, 0.6) is 5.75 Å². The summed E-state index contributed by atoms with van der Waals surface area (Å²) in [7, 11) is 3.56. The first-order valence-corrected chi connectivity index (χ1v) is 6.46. The number of carbonyl (C=O) groups excluding carboxylic acids is 1. The van der Waals surface area contributed by atoms with Crippen molar-refractivity contribution in [3.8, 4) is 5.75 Å². The molecule has 0 unspecified atom stereocenters. The first kappa shape index (κ1) is 12.5. The summed E-state index contributed by atoms with van der Waals surface area (Å²) in [5.41, 5.74) is 1.74. The molecule has 0 N–H and O–H groups in total. The number of methoxy groups -OCH3 is 1. The van der Waals surface area contributed by atoms with Gasteiger partial charge in [0.05, 0.1) is 19.2 Å². The van der Waals surface area contributed by atoms with Gasteiger partial charge in [-0.3, -0.25) is 4.79 Å². The van der Waals surface area contributed by atoms with E-state index in [1.165, 1.54) is 0 Å². The van der Waals surface area contributed by atoms with Gasteiger partial charge in [-0.2, -0.15) is 0 Å². The molecule has 102 valence electrons. The molecule has 0 radical (unpaired) electrons. The monoisotopic (exact) mass is 268 g/mol. The highest BCUT2D eigenvalue weighted by atomic mass is 16.5. The number of ether oxygens (including phenoxy) is 1. The number of carbonyl (C=O) groups is 1. The molecule has 0 saturated heterocycles. The largest absolute Gasteiger partial charge is 0.496 e. The third-order valence-corrected chi connectivity index (χ3v) is 3.46. The number of benzene rings is 1. The summed E-state index contributed by atoms with van der Waals surface area (Å²) < 4.78 is 9.16. The molecule has 0 amide bonds. The summed E-state index contributed by atoms with van der Waals surface area (Å²) in [5.74, 6) is 0.930. The molecule has 0 spiro atoms. The molecule has 3 aromatic rings. The maximum atomic E-state index is 12.3. The maximum absolute atomic E-state index is 12.3. The van der Waals surface area contributed by atoms with Crippen LogP contribution < -0.4 is 4.74 Å². The van der Waals surface area contributed by atoms with E-state index in [1.807, 2.05) is 65.1 Å². The number of aryl methyl sites for hydroxylation is 1. The van der Waals surface area contributed by atoms with E-state index in [2.05, 4.69) is 0 Å². The Morgan fingerprint density at radius 2 is 2.05 bits per heavy atom. The van der Waals surface area contributed by atoms with Crippen molar-refractivity contribution in [3.05, 3.63) is 54.5 Å². The van der Waals surface area contributed by atoms with Gasteiger partial charge in [-0.25, -0.2) is 0 Å². The van der Waals surface area contributed by atoms with Crippen LogP contribution in [-0.4, -0.2) is 22.0 Å². The molecule has 20 heavy (non-hydrogen) atoms. The van der Waals surface area contributed by atoms with E-state index in [0.29, 0.717) is 6.54 Å². The molecule has 4 heteroatoms. The third kappa shape index (κ3) is 2.09. The van der Waals surface area contributed by atoms with Crippen LogP contribution in [0.15, 0.2) is 48.9 Å². The fourth-order valence-corrected chi connectivity index (χ4v) is 2.43. The van der Waals surface area contributed by atoms with Crippen molar-refractivity contribution in [2.45, 2.75) is 6.54 Å². The van der Waals surface area contributed by atoms with Gasteiger partial charge in [0, 0.05) is 36.6 Å². The predicted octanol–water partition coefficient (Wildman–Crippen LogP) is 2.87. The van der Waals surface area contributed by atoms with Gasteiger partial charge in [0.15, 0.2) is 5.78 Å². The van der Waals surface area contributed by atoms with Crippen molar-refractivity contribution in [2.24, 2.45) is 7.05 Å². The van der Waals surface area contributed by atoms with Gasteiger partial charge in [0.2, 0.25) is 0 Å². The lowest BCUT2D eigenvalue weighted by Crippen LogP contribution is -2.08. The Kier molecular flexibility index (Phi) is 3.06. The topological polar surface area (TPSA) is 36.2 Å². The van der Waals surface area contributed by atoms with E-state index in [-0.39, 0.29) is 5.78 Å². The fourth-order valence-electron chi connectivity index (χ4n) is 2.43. The lowest BCUT2D eigenvalue weighted by Gasteiger charge is -2.05. The van der Waals surface area contributed by atoms with Gasteiger partial charge in [-0.1, -0.05) is 6.07 Å². The lowest BCUT2D eigenvalue weighted by atomic mass is 10.2. The molecule has 0 aliphatic rings. The van der Waals surface area contributed by atoms with Crippen LogP contribution >= 0.6 is 0 Å². The maximum Gasteiger partial charge on any atom is 0.184 e.